The molecule has 19 nitrogen and oxygen atoms in total. The van der Waals surface area contributed by atoms with Gasteiger partial charge in [-0.1, -0.05) is 24.0 Å². The maximum Gasteiger partial charge on any atom is 0.407 e. The number of aliphatic hydroxyl groups excluding tert-OH is 1. The van der Waals surface area contributed by atoms with Crippen LogP contribution in [0.5, 0.6) is 0 Å². The largest absolute Gasteiger partial charge is 0.453 e. The summed E-state index contributed by atoms with van der Waals surface area (Å²) in [6.45, 7) is 1.36. The van der Waals surface area contributed by atoms with Crippen LogP contribution in [0, 0.1) is 34.3 Å². The van der Waals surface area contributed by atoms with Crippen LogP contribution in [0.25, 0.3) is 11.3 Å². The number of anilines is 1. The van der Waals surface area contributed by atoms with Gasteiger partial charge < -0.3 is 40.2 Å². The molecular weight excluding hydrogens is 1070 g/mol. The zero-order valence-corrected chi connectivity index (χ0v) is 43.3. The van der Waals surface area contributed by atoms with E-state index in [2.05, 4.69) is 51.5 Å². The van der Waals surface area contributed by atoms with Crippen LogP contribution in [0.1, 0.15) is 56.5 Å². The summed E-state index contributed by atoms with van der Waals surface area (Å²) in [6.07, 6.45) is -12.1. The lowest BCUT2D eigenvalue weighted by Gasteiger charge is -2.42. The van der Waals surface area contributed by atoms with Crippen LogP contribution < -0.4 is 26.3 Å². The predicted molar refractivity (Wildman–Crippen MR) is 260 cm³/mol. The molecule has 5 N–H and O–H groups in total. The van der Waals surface area contributed by atoms with E-state index in [9.17, 15) is 59.4 Å². The minimum Gasteiger partial charge on any atom is -0.453 e. The number of benzene rings is 2. The number of carbonyl (C=O) groups is 4. The zero-order valence-electron chi connectivity index (χ0n) is 43.3. The molecule has 2 saturated heterocycles. The Hall–Kier alpha value is -7.29. The van der Waals surface area contributed by atoms with Gasteiger partial charge in [0, 0.05) is 74.5 Å². The van der Waals surface area contributed by atoms with E-state index in [-0.39, 0.29) is 21.5 Å². The third-order valence-corrected chi connectivity index (χ3v) is 13.5. The maximum atomic E-state index is 16.0. The summed E-state index contributed by atoms with van der Waals surface area (Å²) in [5.74, 6) is 0.321. The fourth-order valence-corrected chi connectivity index (χ4v) is 8.19. The van der Waals surface area contributed by atoms with Gasteiger partial charge in [-0.3, -0.25) is 19.9 Å². The highest BCUT2D eigenvalue weighted by Gasteiger charge is 2.57. The first-order chi connectivity index (χ1) is 37.0. The third-order valence-electron chi connectivity index (χ3n) is 13.5. The molecule has 4 heterocycles. The number of rotatable bonds is 19. The summed E-state index contributed by atoms with van der Waals surface area (Å²) in [5.41, 5.74) is -4.62. The van der Waals surface area contributed by atoms with Crippen LogP contribution in [-0.4, -0.2) is 162 Å². The van der Waals surface area contributed by atoms with E-state index in [0.29, 0.717) is 81.2 Å². The number of ether oxygens (including phenoxy) is 3. The third kappa shape index (κ3) is 15.1. The van der Waals surface area contributed by atoms with Gasteiger partial charge in [-0.25, -0.2) is 38.0 Å². The second-order valence-corrected chi connectivity index (χ2v) is 19.6. The molecule has 2 aromatic heterocycles. The topological polar surface area (TPSA) is 218 Å². The Morgan fingerprint density at radius 2 is 1.32 bits per heavy atom. The standard InChI is InChI=1S/C50H57F10N11O8/c1-47(2,49(55,56)57)39(64-45(75)77-5)41(73)63-37(19-29-10-7-28(8-11-29)9-12-30-22-61-44(62-23-30)69-17-15-68(16-18-69)32-26-79-27-32)38(72)25-70(67-42(74)40(65-46(76)78-6)48(3,4)50(58,59)60)24-33-34(51)20-31(21-35(33)52)36-13-14-71(66-36)43(53)54/h7-8,10-11,13-14,20-23,32,37-40,43,72H,15-19,24-27H2,1-6H3,(H,63,73)(H,64,75)(H,65,76)(H,67,74)/t37-,38-,39?,40+/m0/s1. The number of halogens is 10. The van der Waals surface area contributed by atoms with E-state index < -0.39 is 115 Å². The number of alkyl halides is 8. The molecule has 4 atom stereocenters. The van der Waals surface area contributed by atoms with Crippen LogP contribution in [0.4, 0.5) is 59.4 Å². The molecule has 0 bridgehead atoms. The van der Waals surface area contributed by atoms with Gasteiger partial charge in [-0.05, 0) is 70.0 Å². The number of carbonyl (C=O) groups excluding carboxylic acids is 4. The Bertz CT molecular complexity index is 2810. The van der Waals surface area contributed by atoms with Gasteiger partial charge in [-0.15, -0.1) is 0 Å². The van der Waals surface area contributed by atoms with E-state index in [1.165, 1.54) is 24.3 Å². The van der Waals surface area contributed by atoms with Crippen molar-refractivity contribution in [3.05, 3.63) is 94.9 Å². The Balaban J connectivity index is 1.32. The molecule has 2 aromatic carbocycles. The molecule has 4 aromatic rings. The second kappa shape index (κ2) is 25.2. The molecular formula is C50H57F10N11O8. The maximum absolute atomic E-state index is 16.0. The van der Waals surface area contributed by atoms with E-state index >= 15 is 8.78 Å². The van der Waals surface area contributed by atoms with Crippen molar-refractivity contribution in [2.75, 3.05) is 65.1 Å². The Morgan fingerprint density at radius 1 is 0.785 bits per heavy atom. The molecule has 0 saturated carbocycles. The van der Waals surface area contributed by atoms with E-state index in [4.69, 9.17) is 4.74 Å². The first-order valence-electron chi connectivity index (χ1n) is 24.2. The Kier molecular flexibility index (Phi) is 19.5. The predicted octanol–water partition coefficient (Wildman–Crippen LogP) is 5.48. The molecule has 4 amide bonds. The molecule has 79 heavy (non-hydrogen) atoms. The highest BCUT2D eigenvalue weighted by atomic mass is 19.4. The molecule has 430 valence electrons. The van der Waals surface area contributed by atoms with Gasteiger partial charge in [0.2, 0.25) is 11.9 Å². The minimum absolute atomic E-state index is 0.195. The number of hydrogen-bond donors (Lipinski definition) is 5. The van der Waals surface area contributed by atoms with Gasteiger partial charge >= 0.3 is 31.1 Å². The lowest BCUT2D eigenvalue weighted by atomic mass is 9.82. The van der Waals surface area contributed by atoms with Crippen molar-refractivity contribution < 1.29 is 82.4 Å². The number of amides is 4. The molecule has 6 rings (SSSR count). The van der Waals surface area contributed by atoms with Gasteiger partial charge in [0.1, 0.15) is 23.7 Å². The molecule has 2 fully saturated rings. The van der Waals surface area contributed by atoms with E-state index in [1.807, 2.05) is 10.7 Å². The summed E-state index contributed by atoms with van der Waals surface area (Å²) in [6, 6.07) is 1.89. The fraction of sp³-hybridized carbons (Fsp3) is 0.500. The van der Waals surface area contributed by atoms with Crippen molar-refractivity contribution in [1.82, 2.24) is 51.0 Å². The molecule has 2 aliphatic rings. The summed E-state index contributed by atoms with van der Waals surface area (Å²) >= 11 is 0. The Morgan fingerprint density at radius 3 is 1.80 bits per heavy atom. The smallest absolute Gasteiger partial charge is 0.407 e. The minimum atomic E-state index is -5.23. The SMILES string of the molecule is COC(=O)NC(C(=O)N[C@@H](Cc1ccc(C#Cc2cnc(N3CCN(C4COC4)CC3)nc2)cc1)[C@@H](O)CN(Cc1c(F)cc(-c2ccn(C(F)F)n2)cc1F)NC(=O)[C@@H](NC(=O)OC)C(C)(C)C(F)(F)F)C(C)(C)C(F)(F)F. The Labute approximate surface area is 446 Å². The number of nitrogens with zero attached hydrogens (tertiary/aromatic N) is 7. The number of aromatic nitrogens is 4. The van der Waals surface area contributed by atoms with Crippen LogP contribution in [-0.2, 0) is 36.8 Å². The quantitative estimate of drug-likeness (QED) is 0.0447. The zero-order chi connectivity index (χ0) is 58.2. The van der Waals surface area contributed by atoms with Crippen LogP contribution in [0.15, 0.2) is 61.1 Å². The highest BCUT2D eigenvalue weighted by Crippen LogP contribution is 2.42. The number of hydrazine groups is 1. The number of piperazine rings is 1. The molecule has 0 radical (unpaired) electrons. The molecule has 0 aliphatic carbocycles. The monoisotopic (exact) mass is 1130 g/mol. The van der Waals surface area contributed by atoms with Crippen LogP contribution >= 0.6 is 0 Å². The van der Waals surface area contributed by atoms with Crippen molar-refractivity contribution in [2.45, 2.75) is 89.8 Å². The second-order valence-electron chi connectivity index (χ2n) is 19.6. The summed E-state index contributed by atoms with van der Waals surface area (Å²) < 4.78 is 160. The first kappa shape index (κ1) is 60.9. The molecule has 29 heteroatoms. The number of nitrogens with one attached hydrogen (secondary N) is 4. The van der Waals surface area contributed by atoms with Crippen molar-refractivity contribution in [3.8, 4) is 23.1 Å². The van der Waals surface area contributed by atoms with Crippen molar-refractivity contribution in [1.29, 1.82) is 0 Å². The number of hydrogen-bond acceptors (Lipinski definition) is 14. The summed E-state index contributed by atoms with van der Waals surface area (Å²) in [4.78, 5) is 66.1. The number of aliphatic hydroxyl groups is 1. The lowest BCUT2D eigenvalue weighted by Crippen LogP contribution is -2.63. The van der Waals surface area contributed by atoms with E-state index in [0.717, 1.165) is 52.7 Å². The van der Waals surface area contributed by atoms with Gasteiger partial charge in [0.25, 0.3) is 5.91 Å². The number of alkyl carbamates (subject to hydrolysis) is 2. The summed E-state index contributed by atoms with van der Waals surface area (Å²) in [5, 5.41) is 22.0. The summed E-state index contributed by atoms with van der Waals surface area (Å²) in [7, 11) is 1.59. The number of methoxy groups -OCH3 is 2. The molecule has 1 unspecified atom stereocenters. The average molecular weight is 1130 g/mol. The highest BCUT2D eigenvalue weighted by molar-refractivity contribution is 5.87. The van der Waals surface area contributed by atoms with Crippen molar-refractivity contribution in [2.24, 2.45) is 10.8 Å². The van der Waals surface area contributed by atoms with Gasteiger partial charge in [-0.2, -0.15) is 40.2 Å². The fourth-order valence-electron chi connectivity index (χ4n) is 8.19. The van der Waals surface area contributed by atoms with Crippen molar-refractivity contribution in [3.63, 3.8) is 0 Å². The molecule has 0 spiro atoms. The van der Waals surface area contributed by atoms with Gasteiger partial charge in [0.15, 0.2) is 0 Å². The van der Waals surface area contributed by atoms with E-state index in [1.54, 1.807) is 17.7 Å². The lowest BCUT2D eigenvalue weighted by molar-refractivity contribution is -0.221. The van der Waals surface area contributed by atoms with Crippen molar-refractivity contribution >= 4 is 29.9 Å². The van der Waals surface area contributed by atoms with Crippen LogP contribution in [0.2, 0.25) is 0 Å². The van der Waals surface area contributed by atoms with Gasteiger partial charge in [0.05, 0.1) is 67.7 Å². The first-order valence-corrected chi connectivity index (χ1v) is 24.2. The van der Waals surface area contributed by atoms with Crippen LogP contribution in [0.3, 0.4) is 0 Å². The average Bonchev–Trinajstić information content (AvgIpc) is 3.90. The normalized spacial score (nSPS) is 16.2. The molecule has 2 aliphatic heterocycles.